The average Bonchev–Trinajstić information content (AvgIpc) is 2.19. The van der Waals surface area contributed by atoms with Gasteiger partial charge in [-0.2, -0.15) is 0 Å². The van der Waals surface area contributed by atoms with E-state index in [-0.39, 0.29) is 5.91 Å². The van der Waals surface area contributed by atoms with E-state index >= 15 is 0 Å². The van der Waals surface area contributed by atoms with Crippen LogP contribution < -0.4 is 5.32 Å². The van der Waals surface area contributed by atoms with E-state index in [1.54, 1.807) is 12.3 Å². The molecule has 1 aromatic rings. The van der Waals surface area contributed by atoms with E-state index in [4.69, 9.17) is 11.6 Å². The Morgan fingerprint density at radius 3 is 2.88 bits per heavy atom. The van der Waals surface area contributed by atoms with Gasteiger partial charge in [-0.1, -0.05) is 23.4 Å². The summed E-state index contributed by atoms with van der Waals surface area (Å²) < 4.78 is 0. The van der Waals surface area contributed by atoms with Gasteiger partial charge in [0.1, 0.15) is 0 Å². The molecule has 1 aliphatic heterocycles. The van der Waals surface area contributed by atoms with Crippen LogP contribution in [0.25, 0.3) is 0 Å². The van der Waals surface area contributed by atoms with Gasteiger partial charge in [0.25, 0.3) is 5.91 Å². The second-order valence-electron chi connectivity index (χ2n) is 3.65. The maximum absolute atomic E-state index is 11.7. The first kappa shape index (κ1) is 11.4. The van der Waals surface area contributed by atoms with Gasteiger partial charge in [-0.15, -0.1) is 0 Å². The van der Waals surface area contributed by atoms with Crippen LogP contribution in [0.1, 0.15) is 0 Å². The molecule has 0 fully saturated rings. The summed E-state index contributed by atoms with van der Waals surface area (Å²) >= 11 is 7.34. The van der Waals surface area contributed by atoms with Crippen LogP contribution in [0.3, 0.4) is 0 Å². The van der Waals surface area contributed by atoms with Crippen molar-refractivity contribution >= 4 is 35.0 Å². The van der Waals surface area contributed by atoms with E-state index in [0.717, 1.165) is 10.6 Å². The number of nitrogens with zero attached hydrogens (tertiary/aromatic N) is 1. The van der Waals surface area contributed by atoms with Crippen molar-refractivity contribution in [3.8, 4) is 0 Å². The van der Waals surface area contributed by atoms with Crippen LogP contribution in [-0.2, 0) is 4.79 Å². The Hall–Kier alpha value is -1.13. The number of anilines is 1. The fourth-order valence-corrected chi connectivity index (χ4v) is 2.65. The zero-order valence-corrected chi connectivity index (χ0v) is 10.5. The monoisotopic (exact) mass is 254 g/mol. The van der Waals surface area contributed by atoms with E-state index < -0.39 is 0 Å². The van der Waals surface area contributed by atoms with Crippen molar-refractivity contribution in [1.82, 2.24) is 4.90 Å². The van der Waals surface area contributed by atoms with Crippen molar-refractivity contribution in [3.05, 3.63) is 34.3 Å². The Morgan fingerprint density at radius 2 is 2.19 bits per heavy atom. The predicted octanol–water partition coefficient (Wildman–Crippen LogP) is 2.79. The topological polar surface area (TPSA) is 32.3 Å². The Kier molecular flexibility index (Phi) is 3.12. The molecule has 3 nitrogen and oxygen atoms in total. The van der Waals surface area contributed by atoms with Crippen LogP contribution in [0.5, 0.6) is 0 Å². The first-order chi connectivity index (χ1) is 7.56. The quantitative estimate of drug-likeness (QED) is 0.783. The minimum absolute atomic E-state index is 0.0754. The number of benzene rings is 1. The predicted molar refractivity (Wildman–Crippen MR) is 67.7 cm³/mol. The Bertz CT molecular complexity index is 471. The number of rotatable bonds is 1. The number of nitrogens with one attached hydrogen (secondary N) is 1. The summed E-state index contributed by atoms with van der Waals surface area (Å²) in [5, 5.41) is 3.50. The van der Waals surface area contributed by atoms with E-state index in [1.807, 2.05) is 31.1 Å². The van der Waals surface area contributed by atoms with Gasteiger partial charge in [-0.25, -0.2) is 0 Å². The molecule has 0 spiro atoms. The lowest BCUT2D eigenvalue weighted by Gasteiger charge is -2.19. The maximum Gasteiger partial charge on any atom is 0.263 e. The van der Waals surface area contributed by atoms with Crippen molar-refractivity contribution in [1.29, 1.82) is 0 Å². The molecule has 0 aromatic heterocycles. The first-order valence-corrected chi connectivity index (χ1v) is 5.93. The molecule has 1 N–H and O–H groups in total. The number of carbonyl (C=O) groups excluding carboxylic acids is 1. The molecule has 0 saturated carbocycles. The minimum Gasteiger partial charge on any atom is -0.382 e. The highest BCUT2D eigenvalue weighted by Crippen LogP contribution is 2.39. The smallest absolute Gasteiger partial charge is 0.263 e. The highest BCUT2D eigenvalue weighted by Gasteiger charge is 2.21. The molecule has 0 radical (unpaired) electrons. The van der Waals surface area contributed by atoms with Crippen molar-refractivity contribution in [2.75, 3.05) is 19.4 Å². The summed E-state index contributed by atoms with van der Waals surface area (Å²) in [4.78, 5) is 15.2. The lowest BCUT2D eigenvalue weighted by Crippen LogP contribution is -2.19. The molecule has 1 amide bonds. The fraction of sp³-hybridized carbons (Fsp3) is 0.182. The third-order valence-corrected chi connectivity index (χ3v) is 3.31. The molecule has 2 rings (SSSR count). The van der Waals surface area contributed by atoms with Crippen LogP contribution in [0.15, 0.2) is 34.2 Å². The standard InChI is InChI=1S/C11H11ClN2OS/c1-14(2)6-10-11(15)13-8-4-3-7(12)5-9(8)16-10/h3-6H,1-2H3,(H,13,15)/b10-6+. The van der Waals surface area contributed by atoms with E-state index in [0.29, 0.717) is 9.93 Å². The van der Waals surface area contributed by atoms with Gasteiger partial charge in [-0.3, -0.25) is 4.79 Å². The van der Waals surface area contributed by atoms with Gasteiger partial charge in [0.05, 0.1) is 10.6 Å². The van der Waals surface area contributed by atoms with Gasteiger partial charge in [0.15, 0.2) is 0 Å². The summed E-state index contributed by atoms with van der Waals surface area (Å²) in [6, 6.07) is 5.43. The number of thioether (sulfide) groups is 1. The van der Waals surface area contributed by atoms with Gasteiger partial charge in [-0.05, 0) is 18.2 Å². The molecule has 16 heavy (non-hydrogen) atoms. The van der Waals surface area contributed by atoms with Crippen LogP contribution in [0.2, 0.25) is 5.02 Å². The summed E-state index contributed by atoms with van der Waals surface area (Å²) in [5.41, 5.74) is 0.815. The number of hydrogen-bond acceptors (Lipinski definition) is 3. The summed E-state index contributed by atoms with van der Waals surface area (Å²) in [5.74, 6) is -0.0754. The summed E-state index contributed by atoms with van der Waals surface area (Å²) in [6.07, 6.45) is 1.80. The van der Waals surface area contributed by atoms with Gasteiger partial charge >= 0.3 is 0 Å². The van der Waals surface area contributed by atoms with E-state index in [9.17, 15) is 4.79 Å². The Balaban J connectivity index is 2.37. The van der Waals surface area contributed by atoms with Gasteiger partial charge < -0.3 is 10.2 Å². The molecule has 5 heteroatoms. The molecule has 0 aliphatic carbocycles. The van der Waals surface area contributed by atoms with E-state index in [2.05, 4.69) is 5.32 Å². The second-order valence-corrected chi connectivity index (χ2v) is 5.17. The summed E-state index contributed by atoms with van der Waals surface area (Å²) in [7, 11) is 3.77. The Morgan fingerprint density at radius 1 is 1.44 bits per heavy atom. The van der Waals surface area contributed by atoms with Crippen molar-refractivity contribution in [2.24, 2.45) is 0 Å². The van der Waals surface area contributed by atoms with Crippen LogP contribution >= 0.6 is 23.4 Å². The molecule has 1 aliphatic rings. The molecular weight excluding hydrogens is 244 g/mol. The van der Waals surface area contributed by atoms with Crippen LogP contribution in [0, 0.1) is 0 Å². The normalized spacial score (nSPS) is 16.9. The van der Waals surface area contributed by atoms with E-state index in [1.165, 1.54) is 11.8 Å². The maximum atomic E-state index is 11.7. The number of amides is 1. The molecule has 84 valence electrons. The largest absolute Gasteiger partial charge is 0.382 e. The second kappa shape index (κ2) is 4.39. The highest BCUT2D eigenvalue weighted by molar-refractivity contribution is 8.04. The SMILES string of the molecule is CN(C)/C=C1/Sc2cc(Cl)ccc2NC1=O. The molecule has 0 unspecified atom stereocenters. The highest BCUT2D eigenvalue weighted by atomic mass is 35.5. The molecule has 0 atom stereocenters. The third-order valence-electron chi connectivity index (χ3n) is 2.01. The Labute approximate surface area is 103 Å². The molecule has 0 saturated heterocycles. The number of halogens is 1. The van der Waals surface area contributed by atoms with Crippen LogP contribution in [0.4, 0.5) is 5.69 Å². The first-order valence-electron chi connectivity index (χ1n) is 4.73. The van der Waals surface area contributed by atoms with Gasteiger partial charge in [0.2, 0.25) is 0 Å². The van der Waals surface area contributed by atoms with Crippen molar-refractivity contribution < 1.29 is 4.79 Å². The molecule has 1 heterocycles. The fourth-order valence-electron chi connectivity index (χ4n) is 1.35. The van der Waals surface area contributed by atoms with Gasteiger partial charge in [0, 0.05) is 30.2 Å². The lowest BCUT2D eigenvalue weighted by atomic mass is 10.3. The average molecular weight is 255 g/mol. The molecule has 1 aromatic carbocycles. The molecule has 0 bridgehead atoms. The number of fused-ring (bicyclic) bond motifs is 1. The lowest BCUT2D eigenvalue weighted by molar-refractivity contribution is -0.112. The number of carbonyl (C=O) groups is 1. The minimum atomic E-state index is -0.0754. The third kappa shape index (κ3) is 2.33. The zero-order chi connectivity index (χ0) is 11.7. The van der Waals surface area contributed by atoms with Crippen molar-refractivity contribution in [3.63, 3.8) is 0 Å². The summed E-state index contributed by atoms with van der Waals surface area (Å²) in [6.45, 7) is 0. The molecular formula is C11H11ClN2OS. The van der Waals surface area contributed by atoms with Crippen LogP contribution in [-0.4, -0.2) is 24.9 Å². The number of hydrogen-bond donors (Lipinski definition) is 1. The zero-order valence-electron chi connectivity index (χ0n) is 8.95. The van der Waals surface area contributed by atoms with Crippen molar-refractivity contribution in [2.45, 2.75) is 4.90 Å².